The van der Waals surface area contributed by atoms with Crippen LogP contribution >= 0.6 is 0 Å². The van der Waals surface area contributed by atoms with E-state index in [1.807, 2.05) is 20.8 Å². The van der Waals surface area contributed by atoms with Crippen molar-refractivity contribution in [3.8, 4) is 0 Å². The molecule has 0 fully saturated rings. The van der Waals surface area contributed by atoms with Gasteiger partial charge in [-0.1, -0.05) is 25.0 Å². The molecule has 2 heteroatoms. The fourth-order valence-corrected chi connectivity index (χ4v) is 3.79. The molecule has 100 valence electrons. The first kappa shape index (κ1) is 13.5. The zero-order valence-electron chi connectivity index (χ0n) is 12.3. The smallest absolute Gasteiger partial charge is 0.165 e. The zero-order chi connectivity index (χ0) is 13.9. The van der Waals surface area contributed by atoms with Crippen LogP contribution in [0.25, 0.3) is 0 Å². The number of aliphatic hydroxyl groups is 1. The Balaban J connectivity index is 2.66. The molecule has 0 spiro atoms. The van der Waals surface area contributed by atoms with Crippen LogP contribution in [0.2, 0.25) is 0 Å². The number of hydrogen-bond donors (Lipinski definition) is 1. The average Bonchev–Trinajstić information content (AvgIpc) is 2.31. The Labute approximate surface area is 110 Å². The standard InChI is InChI=1S/C16H24O2/c1-9-7-15(5)13(17)11(3)12(4)14(18)16(15,6)8-10(9)2/h13,17H,7-8H2,1-6H3/t13-,15+,16+/m0/s1. The molecule has 0 heterocycles. The number of aliphatic hydroxyl groups excluding tert-OH is 1. The van der Waals surface area contributed by atoms with Crippen molar-refractivity contribution in [2.75, 3.05) is 0 Å². The number of ketones is 1. The number of carbonyl (C=O) groups is 1. The quantitative estimate of drug-likeness (QED) is 0.667. The van der Waals surface area contributed by atoms with Gasteiger partial charge in [0, 0.05) is 10.8 Å². The molecule has 2 nitrogen and oxygen atoms in total. The van der Waals surface area contributed by atoms with E-state index in [2.05, 4.69) is 20.8 Å². The Morgan fingerprint density at radius 2 is 1.56 bits per heavy atom. The maximum atomic E-state index is 12.7. The first-order chi connectivity index (χ1) is 8.15. The van der Waals surface area contributed by atoms with Crippen LogP contribution in [0.4, 0.5) is 0 Å². The minimum atomic E-state index is -0.511. The van der Waals surface area contributed by atoms with Gasteiger partial charge in [0.15, 0.2) is 5.78 Å². The number of carbonyl (C=O) groups excluding carboxylic acids is 1. The normalized spacial score (nSPS) is 41.3. The molecule has 0 radical (unpaired) electrons. The maximum Gasteiger partial charge on any atom is 0.165 e. The third-order valence-electron chi connectivity index (χ3n) is 5.69. The Bertz CT molecular complexity index is 483. The predicted molar refractivity (Wildman–Crippen MR) is 73.2 cm³/mol. The first-order valence-electron chi connectivity index (χ1n) is 6.70. The lowest BCUT2D eigenvalue weighted by atomic mass is 9.48. The van der Waals surface area contributed by atoms with Gasteiger partial charge in [-0.15, -0.1) is 0 Å². The summed E-state index contributed by atoms with van der Waals surface area (Å²) in [6.45, 7) is 12.1. The highest BCUT2D eigenvalue weighted by atomic mass is 16.3. The lowest BCUT2D eigenvalue weighted by molar-refractivity contribution is -0.141. The summed E-state index contributed by atoms with van der Waals surface area (Å²) in [4.78, 5) is 12.7. The van der Waals surface area contributed by atoms with Crippen molar-refractivity contribution in [3.63, 3.8) is 0 Å². The number of Topliss-reactive ketones (excluding diaryl/α,β-unsaturated/α-hetero) is 1. The van der Waals surface area contributed by atoms with Gasteiger partial charge in [-0.3, -0.25) is 4.79 Å². The summed E-state index contributed by atoms with van der Waals surface area (Å²) >= 11 is 0. The van der Waals surface area contributed by atoms with Crippen molar-refractivity contribution < 1.29 is 9.90 Å². The molecule has 3 atom stereocenters. The minimum Gasteiger partial charge on any atom is -0.388 e. The predicted octanol–water partition coefficient (Wildman–Crippen LogP) is 3.41. The minimum absolute atomic E-state index is 0.222. The second-order valence-corrected chi connectivity index (χ2v) is 6.70. The van der Waals surface area contributed by atoms with Gasteiger partial charge < -0.3 is 5.11 Å². The van der Waals surface area contributed by atoms with Crippen LogP contribution in [-0.2, 0) is 4.79 Å². The van der Waals surface area contributed by atoms with Crippen LogP contribution in [0, 0.1) is 10.8 Å². The molecular weight excluding hydrogens is 224 g/mol. The summed E-state index contributed by atoms with van der Waals surface area (Å²) in [6.07, 6.45) is 1.08. The molecule has 18 heavy (non-hydrogen) atoms. The van der Waals surface area contributed by atoms with E-state index in [9.17, 15) is 9.90 Å². The summed E-state index contributed by atoms with van der Waals surface area (Å²) in [7, 11) is 0. The molecule has 0 saturated carbocycles. The Morgan fingerprint density at radius 1 is 1.06 bits per heavy atom. The molecule has 0 bridgehead atoms. The highest BCUT2D eigenvalue weighted by Crippen LogP contribution is 2.59. The monoisotopic (exact) mass is 248 g/mol. The topological polar surface area (TPSA) is 37.3 Å². The van der Waals surface area contributed by atoms with Gasteiger partial charge >= 0.3 is 0 Å². The SMILES string of the molecule is CC1=C(C)C[C@]2(C)[C@@H](O)C(C)=C(C)C(=O)[C@@]2(C)C1. The van der Waals surface area contributed by atoms with Gasteiger partial charge in [-0.05, 0) is 51.7 Å². The van der Waals surface area contributed by atoms with Gasteiger partial charge in [0.1, 0.15) is 0 Å². The summed E-state index contributed by atoms with van der Waals surface area (Å²) < 4.78 is 0. The molecule has 0 aliphatic heterocycles. The second-order valence-electron chi connectivity index (χ2n) is 6.70. The molecule has 0 aromatic carbocycles. The van der Waals surface area contributed by atoms with Crippen molar-refractivity contribution in [1.29, 1.82) is 0 Å². The molecule has 0 unspecified atom stereocenters. The van der Waals surface area contributed by atoms with Crippen LogP contribution in [0.3, 0.4) is 0 Å². The van der Waals surface area contributed by atoms with Crippen LogP contribution < -0.4 is 0 Å². The fraction of sp³-hybridized carbons (Fsp3) is 0.688. The van der Waals surface area contributed by atoms with E-state index < -0.39 is 11.5 Å². The van der Waals surface area contributed by atoms with Crippen molar-refractivity contribution in [3.05, 3.63) is 22.3 Å². The van der Waals surface area contributed by atoms with Gasteiger partial charge in [0.05, 0.1) is 6.10 Å². The zero-order valence-corrected chi connectivity index (χ0v) is 12.3. The van der Waals surface area contributed by atoms with Crippen LogP contribution in [0.5, 0.6) is 0 Å². The molecule has 0 amide bonds. The van der Waals surface area contributed by atoms with E-state index >= 15 is 0 Å². The third kappa shape index (κ3) is 1.41. The molecule has 2 rings (SSSR count). The molecule has 0 saturated heterocycles. The largest absolute Gasteiger partial charge is 0.388 e. The summed E-state index contributed by atoms with van der Waals surface area (Å²) in [5.74, 6) is 0.222. The first-order valence-corrected chi connectivity index (χ1v) is 6.70. The van der Waals surface area contributed by atoms with E-state index in [4.69, 9.17) is 0 Å². The third-order valence-corrected chi connectivity index (χ3v) is 5.69. The molecule has 2 aliphatic rings. The van der Waals surface area contributed by atoms with E-state index in [-0.39, 0.29) is 11.2 Å². The van der Waals surface area contributed by atoms with E-state index in [1.54, 1.807) is 0 Å². The van der Waals surface area contributed by atoms with Crippen molar-refractivity contribution in [1.82, 2.24) is 0 Å². The van der Waals surface area contributed by atoms with Gasteiger partial charge in [0.2, 0.25) is 0 Å². The molecular formula is C16H24O2. The Hall–Kier alpha value is -0.890. The van der Waals surface area contributed by atoms with Crippen molar-refractivity contribution in [2.45, 2.75) is 60.5 Å². The van der Waals surface area contributed by atoms with Crippen molar-refractivity contribution >= 4 is 5.78 Å². The van der Waals surface area contributed by atoms with E-state index in [1.165, 1.54) is 11.1 Å². The average molecular weight is 248 g/mol. The van der Waals surface area contributed by atoms with Gasteiger partial charge in [0.25, 0.3) is 0 Å². The number of fused-ring (bicyclic) bond motifs is 1. The number of rotatable bonds is 0. The van der Waals surface area contributed by atoms with Gasteiger partial charge in [-0.25, -0.2) is 0 Å². The van der Waals surface area contributed by atoms with Gasteiger partial charge in [-0.2, -0.15) is 0 Å². The number of hydrogen-bond acceptors (Lipinski definition) is 2. The van der Waals surface area contributed by atoms with Crippen molar-refractivity contribution in [2.24, 2.45) is 10.8 Å². The van der Waals surface area contributed by atoms with Crippen LogP contribution in [0.15, 0.2) is 22.3 Å². The van der Waals surface area contributed by atoms with E-state index in [0.29, 0.717) is 0 Å². The summed E-state index contributed by atoms with van der Waals surface area (Å²) in [6, 6.07) is 0. The Kier molecular flexibility index (Phi) is 2.86. The highest BCUT2D eigenvalue weighted by Gasteiger charge is 2.58. The lowest BCUT2D eigenvalue weighted by Gasteiger charge is -2.55. The molecule has 1 N–H and O–H groups in total. The Morgan fingerprint density at radius 3 is 2.11 bits per heavy atom. The summed E-state index contributed by atoms with van der Waals surface area (Å²) in [5, 5.41) is 10.7. The van der Waals surface area contributed by atoms with Crippen LogP contribution in [0.1, 0.15) is 54.4 Å². The number of allylic oxidation sites excluding steroid dienone is 3. The second kappa shape index (κ2) is 3.80. The molecule has 0 aromatic heterocycles. The van der Waals surface area contributed by atoms with Crippen LogP contribution in [-0.4, -0.2) is 17.0 Å². The lowest BCUT2D eigenvalue weighted by Crippen LogP contribution is -2.56. The molecule has 0 aromatic rings. The summed E-state index contributed by atoms with van der Waals surface area (Å²) in [5.41, 5.74) is 3.43. The maximum absolute atomic E-state index is 12.7. The fourth-order valence-electron chi connectivity index (χ4n) is 3.79. The van der Waals surface area contributed by atoms with E-state index in [0.717, 1.165) is 24.0 Å². The highest BCUT2D eigenvalue weighted by molar-refractivity contribution is 6.02. The molecule has 2 aliphatic carbocycles.